The van der Waals surface area contributed by atoms with Gasteiger partial charge in [0.05, 0.1) is 18.6 Å². The molecule has 3 nitrogen and oxygen atoms in total. The Bertz CT molecular complexity index is 549. The quantitative estimate of drug-likeness (QED) is 0.925. The Kier molecular flexibility index (Phi) is 3.23. The molecule has 2 atom stereocenters. The van der Waals surface area contributed by atoms with Gasteiger partial charge in [0.25, 0.3) is 0 Å². The summed E-state index contributed by atoms with van der Waals surface area (Å²) >= 11 is 0. The maximum atomic E-state index is 13.1. The van der Waals surface area contributed by atoms with E-state index in [1.54, 1.807) is 13.8 Å². The number of carbonyl (C=O) groups is 1. The molecule has 1 saturated carbocycles. The SMILES string of the molecule is COc1ccc([C@@H]2[C@@H](C(=O)O)C2(C)C)c(C(F)(F)F)c1. The van der Waals surface area contributed by atoms with Crippen molar-refractivity contribution in [1.29, 1.82) is 0 Å². The summed E-state index contributed by atoms with van der Waals surface area (Å²) in [5.74, 6) is -2.39. The van der Waals surface area contributed by atoms with E-state index < -0.39 is 35.0 Å². The van der Waals surface area contributed by atoms with E-state index in [1.165, 1.54) is 19.2 Å². The zero-order valence-electron chi connectivity index (χ0n) is 11.3. The summed E-state index contributed by atoms with van der Waals surface area (Å²) in [4.78, 5) is 11.1. The highest BCUT2D eigenvalue weighted by molar-refractivity contribution is 5.78. The molecule has 1 aromatic carbocycles. The molecule has 1 aliphatic carbocycles. The van der Waals surface area contributed by atoms with E-state index in [0.29, 0.717) is 0 Å². The zero-order valence-corrected chi connectivity index (χ0v) is 11.3. The number of carboxylic acid groups (broad SMARTS) is 1. The number of hydrogen-bond acceptors (Lipinski definition) is 2. The first-order valence-corrected chi connectivity index (χ1v) is 6.08. The molecule has 1 N–H and O–H groups in total. The molecule has 0 amide bonds. The predicted molar refractivity (Wildman–Crippen MR) is 65.6 cm³/mol. The third-order valence-corrected chi connectivity index (χ3v) is 3.99. The number of hydrogen-bond donors (Lipinski definition) is 1. The van der Waals surface area contributed by atoms with Crippen molar-refractivity contribution < 1.29 is 27.8 Å². The topological polar surface area (TPSA) is 46.5 Å². The molecule has 20 heavy (non-hydrogen) atoms. The minimum absolute atomic E-state index is 0.0238. The molecule has 1 fully saturated rings. The molecule has 6 heteroatoms. The van der Waals surface area contributed by atoms with Gasteiger partial charge >= 0.3 is 12.1 Å². The summed E-state index contributed by atoms with van der Waals surface area (Å²) in [6, 6.07) is 3.66. The lowest BCUT2D eigenvalue weighted by Crippen LogP contribution is -2.10. The second-order valence-corrected chi connectivity index (χ2v) is 5.57. The van der Waals surface area contributed by atoms with E-state index in [2.05, 4.69) is 0 Å². The van der Waals surface area contributed by atoms with Crippen molar-refractivity contribution >= 4 is 5.97 Å². The van der Waals surface area contributed by atoms with Crippen LogP contribution in [0.15, 0.2) is 18.2 Å². The molecule has 0 aliphatic heterocycles. The van der Waals surface area contributed by atoms with Gasteiger partial charge in [-0.1, -0.05) is 19.9 Å². The van der Waals surface area contributed by atoms with Gasteiger partial charge in [-0.25, -0.2) is 0 Å². The molecular weight excluding hydrogens is 273 g/mol. The number of alkyl halides is 3. The van der Waals surface area contributed by atoms with Crippen LogP contribution >= 0.6 is 0 Å². The third kappa shape index (κ3) is 2.23. The van der Waals surface area contributed by atoms with Gasteiger partial charge < -0.3 is 9.84 Å². The summed E-state index contributed by atoms with van der Waals surface area (Å²) in [5, 5.41) is 9.11. The van der Waals surface area contributed by atoms with Crippen LogP contribution in [0.5, 0.6) is 5.75 Å². The average Bonchev–Trinajstić information content (AvgIpc) is 2.90. The van der Waals surface area contributed by atoms with E-state index in [1.807, 2.05) is 0 Å². The number of aliphatic carboxylic acids is 1. The summed E-state index contributed by atoms with van der Waals surface area (Å²) in [6.45, 7) is 3.33. The Morgan fingerprint density at radius 2 is 1.95 bits per heavy atom. The van der Waals surface area contributed by atoms with E-state index >= 15 is 0 Å². The van der Waals surface area contributed by atoms with Crippen molar-refractivity contribution in [2.24, 2.45) is 11.3 Å². The Labute approximate surface area is 114 Å². The van der Waals surface area contributed by atoms with E-state index in [9.17, 15) is 18.0 Å². The van der Waals surface area contributed by atoms with Gasteiger partial charge in [0.1, 0.15) is 5.75 Å². The summed E-state index contributed by atoms with van der Waals surface area (Å²) in [6.07, 6.45) is -4.54. The molecule has 0 unspecified atom stereocenters. The zero-order chi connectivity index (χ0) is 15.3. The van der Waals surface area contributed by atoms with Gasteiger partial charge in [0.15, 0.2) is 0 Å². The molecule has 1 aromatic rings. The van der Waals surface area contributed by atoms with Crippen molar-refractivity contribution in [2.45, 2.75) is 25.9 Å². The van der Waals surface area contributed by atoms with Gasteiger partial charge in [0.2, 0.25) is 0 Å². The molecular formula is C14H15F3O3. The molecule has 2 rings (SSSR count). The number of benzene rings is 1. The molecule has 0 heterocycles. The lowest BCUT2D eigenvalue weighted by Gasteiger charge is -2.15. The Morgan fingerprint density at radius 1 is 1.35 bits per heavy atom. The van der Waals surface area contributed by atoms with Crippen LogP contribution in [0.25, 0.3) is 0 Å². The number of carboxylic acids is 1. The highest BCUT2D eigenvalue weighted by atomic mass is 19.4. The van der Waals surface area contributed by atoms with Gasteiger partial charge in [-0.2, -0.15) is 13.2 Å². The largest absolute Gasteiger partial charge is 0.497 e. The van der Waals surface area contributed by atoms with Crippen LogP contribution in [0.4, 0.5) is 13.2 Å². The van der Waals surface area contributed by atoms with Crippen molar-refractivity contribution in [3.8, 4) is 5.75 Å². The van der Waals surface area contributed by atoms with E-state index in [4.69, 9.17) is 9.84 Å². The minimum atomic E-state index is -4.54. The van der Waals surface area contributed by atoms with Crippen molar-refractivity contribution in [3.63, 3.8) is 0 Å². The van der Waals surface area contributed by atoms with Crippen LogP contribution < -0.4 is 4.74 Å². The summed E-state index contributed by atoms with van der Waals surface area (Å²) in [5.41, 5.74) is -1.48. The van der Waals surface area contributed by atoms with Crippen LogP contribution in [-0.2, 0) is 11.0 Å². The van der Waals surface area contributed by atoms with Gasteiger partial charge in [-0.05, 0) is 23.1 Å². The lowest BCUT2D eigenvalue weighted by molar-refractivity contribution is -0.140. The highest BCUT2D eigenvalue weighted by Crippen LogP contribution is 2.65. The summed E-state index contributed by atoms with van der Waals surface area (Å²) in [7, 11) is 1.29. The molecule has 0 saturated heterocycles. The molecule has 0 radical (unpaired) electrons. The van der Waals surface area contributed by atoms with Gasteiger partial charge in [0, 0.05) is 5.92 Å². The highest BCUT2D eigenvalue weighted by Gasteiger charge is 2.64. The van der Waals surface area contributed by atoms with Crippen LogP contribution in [-0.4, -0.2) is 18.2 Å². The first kappa shape index (κ1) is 14.7. The Morgan fingerprint density at radius 3 is 2.35 bits per heavy atom. The fraction of sp³-hybridized carbons (Fsp3) is 0.500. The number of methoxy groups -OCH3 is 1. The van der Waals surface area contributed by atoms with E-state index in [-0.39, 0.29) is 11.3 Å². The normalized spacial score (nSPS) is 24.3. The fourth-order valence-electron chi connectivity index (χ4n) is 2.86. The first-order chi connectivity index (χ1) is 9.10. The van der Waals surface area contributed by atoms with Crippen LogP contribution in [0.2, 0.25) is 0 Å². The lowest BCUT2D eigenvalue weighted by atomic mass is 9.97. The van der Waals surface area contributed by atoms with Gasteiger partial charge in [-0.15, -0.1) is 0 Å². The molecule has 0 aromatic heterocycles. The fourth-order valence-corrected chi connectivity index (χ4v) is 2.86. The second-order valence-electron chi connectivity index (χ2n) is 5.57. The number of rotatable bonds is 3. The van der Waals surface area contributed by atoms with Crippen LogP contribution in [0, 0.1) is 11.3 Å². The van der Waals surface area contributed by atoms with Crippen LogP contribution in [0.1, 0.15) is 30.9 Å². The smallest absolute Gasteiger partial charge is 0.416 e. The molecule has 1 aliphatic rings. The van der Waals surface area contributed by atoms with Crippen molar-refractivity contribution in [1.82, 2.24) is 0 Å². The average molecular weight is 288 g/mol. The third-order valence-electron chi connectivity index (χ3n) is 3.99. The maximum Gasteiger partial charge on any atom is 0.416 e. The molecule has 0 spiro atoms. The maximum absolute atomic E-state index is 13.1. The van der Waals surface area contributed by atoms with Crippen LogP contribution in [0.3, 0.4) is 0 Å². The first-order valence-electron chi connectivity index (χ1n) is 6.08. The predicted octanol–water partition coefficient (Wildman–Crippen LogP) is 3.54. The van der Waals surface area contributed by atoms with Crippen molar-refractivity contribution in [3.05, 3.63) is 29.3 Å². The second kappa shape index (κ2) is 4.40. The standard InChI is InChI=1S/C14H15F3O3/c1-13(2)10(11(13)12(18)19)8-5-4-7(20-3)6-9(8)14(15,16)17/h4-6,10-11H,1-3H3,(H,18,19)/t10-,11+/m1/s1. The number of halogens is 3. The minimum Gasteiger partial charge on any atom is -0.497 e. The van der Waals surface area contributed by atoms with E-state index in [0.717, 1.165) is 6.07 Å². The van der Waals surface area contributed by atoms with Crippen molar-refractivity contribution in [2.75, 3.05) is 7.11 Å². The monoisotopic (exact) mass is 288 g/mol. The number of ether oxygens (including phenoxy) is 1. The van der Waals surface area contributed by atoms with Gasteiger partial charge in [-0.3, -0.25) is 4.79 Å². The Hall–Kier alpha value is -1.72. The summed E-state index contributed by atoms with van der Waals surface area (Å²) < 4.78 is 44.2. The molecule has 110 valence electrons. The molecule has 0 bridgehead atoms. The Balaban J connectivity index is 2.51.